The van der Waals surface area contributed by atoms with E-state index in [-0.39, 0.29) is 17.2 Å². The summed E-state index contributed by atoms with van der Waals surface area (Å²) in [5, 5.41) is 9.17. The molecule has 1 aromatic heterocycles. The van der Waals surface area contributed by atoms with Crippen molar-refractivity contribution >= 4 is 0 Å². The van der Waals surface area contributed by atoms with Crippen molar-refractivity contribution in [2.24, 2.45) is 0 Å². The topological polar surface area (TPSA) is 45.8 Å². The number of rotatable bonds is 2. The zero-order valence-electron chi connectivity index (χ0n) is 10.7. The summed E-state index contributed by atoms with van der Waals surface area (Å²) in [5.74, 6) is -0.444. The zero-order chi connectivity index (χ0) is 14.0. The van der Waals surface area contributed by atoms with E-state index in [4.69, 9.17) is 0 Å². The lowest BCUT2D eigenvalue weighted by Crippen LogP contribution is -2.24. The van der Waals surface area contributed by atoms with Gasteiger partial charge in [-0.3, -0.25) is 4.79 Å². The van der Waals surface area contributed by atoms with Crippen LogP contribution in [0.3, 0.4) is 0 Å². The lowest BCUT2D eigenvalue weighted by Gasteiger charge is -2.12. The SMILES string of the molecule is CC(C)n1ccc(-c2ccccc2F)c(C#N)c1=O. The Labute approximate surface area is 110 Å². The summed E-state index contributed by atoms with van der Waals surface area (Å²) in [7, 11) is 0. The highest BCUT2D eigenvalue weighted by atomic mass is 19.1. The molecule has 4 heteroatoms. The molecule has 1 heterocycles. The van der Waals surface area contributed by atoms with Gasteiger partial charge in [0.1, 0.15) is 17.4 Å². The molecule has 0 amide bonds. The third kappa shape index (κ3) is 2.27. The first-order valence-corrected chi connectivity index (χ1v) is 5.96. The summed E-state index contributed by atoms with van der Waals surface area (Å²) in [6.45, 7) is 3.71. The number of halogens is 1. The Morgan fingerprint density at radius 1 is 1.21 bits per heavy atom. The number of benzene rings is 1. The van der Waals surface area contributed by atoms with Gasteiger partial charge < -0.3 is 4.57 Å². The normalized spacial score (nSPS) is 10.5. The van der Waals surface area contributed by atoms with Crippen molar-refractivity contribution in [3.63, 3.8) is 0 Å². The molecule has 0 unspecified atom stereocenters. The van der Waals surface area contributed by atoms with Crippen LogP contribution in [0.1, 0.15) is 25.5 Å². The van der Waals surface area contributed by atoms with Crippen molar-refractivity contribution in [3.05, 3.63) is 58.3 Å². The van der Waals surface area contributed by atoms with E-state index < -0.39 is 11.4 Å². The molecule has 0 bridgehead atoms. The van der Waals surface area contributed by atoms with E-state index in [1.807, 2.05) is 19.9 Å². The molecule has 2 rings (SSSR count). The first kappa shape index (κ1) is 13.0. The summed E-state index contributed by atoms with van der Waals surface area (Å²) in [5.41, 5.74) is 0.189. The minimum absolute atomic E-state index is 0.0266. The van der Waals surface area contributed by atoms with Gasteiger partial charge in [0.2, 0.25) is 0 Å². The number of hydrogen-bond acceptors (Lipinski definition) is 2. The second-order valence-electron chi connectivity index (χ2n) is 4.50. The van der Waals surface area contributed by atoms with Crippen LogP contribution in [0.25, 0.3) is 11.1 Å². The van der Waals surface area contributed by atoms with Gasteiger partial charge in [-0.2, -0.15) is 5.26 Å². The minimum Gasteiger partial charge on any atom is -0.312 e. The number of hydrogen-bond donors (Lipinski definition) is 0. The van der Waals surface area contributed by atoms with Crippen LogP contribution in [-0.4, -0.2) is 4.57 Å². The Morgan fingerprint density at radius 3 is 2.47 bits per heavy atom. The molecule has 0 aliphatic rings. The lowest BCUT2D eigenvalue weighted by atomic mass is 10.0. The number of nitriles is 1. The van der Waals surface area contributed by atoms with E-state index in [0.717, 1.165) is 0 Å². The summed E-state index contributed by atoms with van der Waals surface area (Å²) in [4.78, 5) is 12.2. The van der Waals surface area contributed by atoms with Crippen LogP contribution in [-0.2, 0) is 0 Å². The Kier molecular flexibility index (Phi) is 3.48. The highest BCUT2D eigenvalue weighted by Crippen LogP contribution is 2.24. The van der Waals surface area contributed by atoms with Gasteiger partial charge in [-0.05, 0) is 26.0 Å². The molecule has 0 aliphatic heterocycles. The first-order chi connectivity index (χ1) is 9.06. The average Bonchev–Trinajstić information content (AvgIpc) is 2.38. The van der Waals surface area contributed by atoms with Gasteiger partial charge in [0, 0.05) is 23.4 Å². The molecule has 0 radical (unpaired) electrons. The maximum atomic E-state index is 13.8. The predicted molar refractivity (Wildman–Crippen MR) is 71.2 cm³/mol. The molecule has 0 saturated carbocycles. The van der Waals surface area contributed by atoms with Crippen molar-refractivity contribution in [2.45, 2.75) is 19.9 Å². The van der Waals surface area contributed by atoms with Gasteiger partial charge in [0.05, 0.1) is 0 Å². The van der Waals surface area contributed by atoms with Crippen LogP contribution in [0.5, 0.6) is 0 Å². The van der Waals surface area contributed by atoms with E-state index in [2.05, 4.69) is 0 Å². The van der Waals surface area contributed by atoms with Crippen molar-refractivity contribution in [1.82, 2.24) is 4.57 Å². The van der Waals surface area contributed by atoms with Gasteiger partial charge >= 0.3 is 0 Å². The highest BCUT2D eigenvalue weighted by molar-refractivity contribution is 5.70. The monoisotopic (exact) mass is 256 g/mol. The number of aromatic nitrogens is 1. The van der Waals surface area contributed by atoms with Gasteiger partial charge in [0.25, 0.3) is 5.56 Å². The van der Waals surface area contributed by atoms with E-state index in [9.17, 15) is 14.4 Å². The van der Waals surface area contributed by atoms with Gasteiger partial charge in [-0.25, -0.2) is 4.39 Å². The van der Waals surface area contributed by atoms with Crippen molar-refractivity contribution in [2.75, 3.05) is 0 Å². The fourth-order valence-electron chi connectivity index (χ4n) is 1.97. The van der Waals surface area contributed by atoms with E-state index in [1.165, 1.54) is 10.6 Å². The maximum Gasteiger partial charge on any atom is 0.269 e. The van der Waals surface area contributed by atoms with Crippen LogP contribution >= 0.6 is 0 Å². The van der Waals surface area contributed by atoms with E-state index in [0.29, 0.717) is 5.56 Å². The molecule has 0 aliphatic carbocycles. The number of pyridine rings is 1. The van der Waals surface area contributed by atoms with Crippen LogP contribution in [0.15, 0.2) is 41.3 Å². The smallest absolute Gasteiger partial charge is 0.269 e. The quantitative estimate of drug-likeness (QED) is 0.828. The van der Waals surface area contributed by atoms with Gasteiger partial charge in [0.15, 0.2) is 0 Å². The summed E-state index contributed by atoms with van der Waals surface area (Å²) < 4.78 is 15.2. The van der Waals surface area contributed by atoms with Crippen LogP contribution < -0.4 is 5.56 Å². The molecule has 0 fully saturated rings. The van der Waals surface area contributed by atoms with Crippen molar-refractivity contribution in [3.8, 4) is 17.2 Å². The Balaban J connectivity index is 2.75. The van der Waals surface area contributed by atoms with E-state index >= 15 is 0 Å². The fraction of sp³-hybridized carbons (Fsp3) is 0.200. The van der Waals surface area contributed by atoms with Crippen LogP contribution in [0, 0.1) is 17.1 Å². The van der Waals surface area contributed by atoms with E-state index in [1.54, 1.807) is 30.5 Å². The second kappa shape index (κ2) is 5.07. The maximum absolute atomic E-state index is 13.8. The average molecular weight is 256 g/mol. The number of nitrogens with zero attached hydrogens (tertiary/aromatic N) is 2. The Morgan fingerprint density at radius 2 is 1.89 bits per heavy atom. The van der Waals surface area contributed by atoms with Gasteiger partial charge in [-0.15, -0.1) is 0 Å². The van der Waals surface area contributed by atoms with Crippen LogP contribution in [0.2, 0.25) is 0 Å². The largest absolute Gasteiger partial charge is 0.312 e. The first-order valence-electron chi connectivity index (χ1n) is 5.96. The molecule has 0 atom stereocenters. The summed E-state index contributed by atoms with van der Waals surface area (Å²) >= 11 is 0. The molecule has 2 aromatic rings. The van der Waals surface area contributed by atoms with Crippen molar-refractivity contribution < 1.29 is 4.39 Å². The molecular weight excluding hydrogens is 243 g/mol. The molecule has 0 N–H and O–H groups in total. The van der Waals surface area contributed by atoms with Crippen molar-refractivity contribution in [1.29, 1.82) is 5.26 Å². The van der Waals surface area contributed by atoms with Gasteiger partial charge in [-0.1, -0.05) is 18.2 Å². The Bertz CT molecular complexity index is 711. The molecule has 0 spiro atoms. The zero-order valence-corrected chi connectivity index (χ0v) is 10.7. The molecule has 0 saturated heterocycles. The Hall–Kier alpha value is -2.41. The summed E-state index contributed by atoms with van der Waals surface area (Å²) in [6.07, 6.45) is 1.59. The standard InChI is InChI=1S/C15H13FN2O/c1-10(2)18-8-7-11(13(9-17)15(18)19)12-5-3-4-6-14(12)16/h3-8,10H,1-2H3. The van der Waals surface area contributed by atoms with Crippen LogP contribution in [0.4, 0.5) is 4.39 Å². The predicted octanol–water partition coefficient (Wildman–Crippen LogP) is 3.11. The molecule has 19 heavy (non-hydrogen) atoms. The highest BCUT2D eigenvalue weighted by Gasteiger charge is 2.15. The molecular formula is C15H13FN2O. The fourth-order valence-corrected chi connectivity index (χ4v) is 1.97. The minimum atomic E-state index is -0.444. The third-order valence-corrected chi connectivity index (χ3v) is 2.95. The molecule has 96 valence electrons. The third-order valence-electron chi connectivity index (χ3n) is 2.95. The lowest BCUT2D eigenvalue weighted by molar-refractivity contribution is 0.577. The molecule has 3 nitrogen and oxygen atoms in total. The second-order valence-corrected chi connectivity index (χ2v) is 4.50. The molecule has 1 aromatic carbocycles. The summed E-state index contributed by atoms with van der Waals surface area (Å²) in [6, 6.07) is 9.56.